The summed E-state index contributed by atoms with van der Waals surface area (Å²) in [7, 11) is 0. The molecule has 0 aliphatic rings. The van der Waals surface area contributed by atoms with Crippen LogP contribution in [-0.4, -0.2) is 35.5 Å². The van der Waals surface area contributed by atoms with Gasteiger partial charge in [0.2, 0.25) is 0 Å². The van der Waals surface area contributed by atoms with Crippen LogP contribution in [0.25, 0.3) is 0 Å². The Morgan fingerprint density at radius 2 is 1.36 bits per heavy atom. The second-order valence-corrected chi connectivity index (χ2v) is 5.92. The van der Waals surface area contributed by atoms with Gasteiger partial charge in [0.1, 0.15) is 0 Å². The predicted molar refractivity (Wildman–Crippen MR) is 100 cm³/mol. The van der Waals surface area contributed by atoms with Crippen molar-refractivity contribution in [1.29, 1.82) is 0 Å². The van der Waals surface area contributed by atoms with Crippen LogP contribution in [-0.2, 0) is 30.2 Å². The van der Waals surface area contributed by atoms with Gasteiger partial charge in [-0.3, -0.25) is 0 Å². The first-order chi connectivity index (χ1) is 11.7. The first-order valence-corrected chi connectivity index (χ1v) is 8.83. The smallest absolute Gasteiger partial charge is 0.0584 e. The fourth-order valence-corrected chi connectivity index (χ4v) is 2.26. The van der Waals surface area contributed by atoms with Gasteiger partial charge in [0.25, 0.3) is 0 Å². The first-order valence-electron chi connectivity index (χ1n) is 8.83. The topological polar surface area (TPSA) is 64.5 Å². The molecule has 0 fully saturated rings. The van der Waals surface area contributed by atoms with Crippen LogP contribution in [0.5, 0.6) is 0 Å². The summed E-state index contributed by atoms with van der Waals surface area (Å²) in [6.07, 6.45) is 1.94. The summed E-state index contributed by atoms with van der Waals surface area (Å²) >= 11 is 0. The van der Waals surface area contributed by atoms with E-state index in [-0.39, 0.29) is 42.4 Å². The molecule has 0 aliphatic heterocycles. The molecule has 0 amide bonds. The van der Waals surface area contributed by atoms with Crippen molar-refractivity contribution in [3.8, 4) is 0 Å². The Balaban J connectivity index is 0.000000443. The largest absolute Gasteiger partial charge is 0.748 e. The minimum absolute atomic E-state index is 0. The molecule has 2 rings (SSSR count). The van der Waals surface area contributed by atoms with Crippen molar-refractivity contribution in [2.75, 3.05) is 13.2 Å². The molecule has 148 valence electrons. The van der Waals surface area contributed by atoms with E-state index in [9.17, 15) is 0 Å². The summed E-state index contributed by atoms with van der Waals surface area (Å²) in [6.45, 7) is 6.28. The van der Waals surface area contributed by atoms with E-state index in [2.05, 4.69) is 48.7 Å². The van der Waals surface area contributed by atoms with Crippen LogP contribution in [0, 0.1) is 0 Å². The number of hydrogen-bond donors (Lipinski definition) is 4. The van der Waals surface area contributed by atoms with Gasteiger partial charge in [-0.05, 0) is 19.4 Å². The molecule has 4 N–H and O–H groups in total. The van der Waals surface area contributed by atoms with E-state index >= 15 is 0 Å². The van der Waals surface area contributed by atoms with E-state index in [0.717, 1.165) is 25.9 Å². The predicted octanol–water partition coefficient (Wildman–Crippen LogP) is 2.53. The SMILES string of the molecule is CC[C@H](CO)NC[c-]1[cH-][cH-][cH-][cH-]1.CC[C@H](CO)NC[c-]1cccc1.[Fe]. The van der Waals surface area contributed by atoms with Gasteiger partial charge in [-0.25, -0.2) is 12.1 Å². The normalized spacial score (nSPS) is 12.6. The molecule has 2 aromatic carbocycles. The van der Waals surface area contributed by atoms with Crippen molar-refractivity contribution in [2.45, 2.75) is 51.9 Å². The van der Waals surface area contributed by atoms with E-state index in [1.807, 2.05) is 24.3 Å². The molecule has 5 heteroatoms. The van der Waals surface area contributed by atoms with Crippen molar-refractivity contribution in [3.05, 3.63) is 59.7 Å². The molecule has 25 heavy (non-hydrogen) atoms. The molecule has 0 aromatic heterocycles. The Hall–Kier alpha value is -0.941. The molecule has 0 saturated carbocycles. The van der Waals surface area contributed by atoms with Crippen LogP contribution >= 0.6 is 0 Å². The van der Waals surface area contributed by atoms with Gasteiger partial charge in [0.15, 0.2) is 0 Å². The maximum Gasteiger partial charge on any atom is 0.0584 e. The van der Waals surface area contributed by atoms with Crippen molar-refractivity contribution in [2.24, 2.45) is 0 Å². The molecule has 0 unspecified atom stereocenters. The van der Waals surface area contributed by atoms with Crippen LogP contribution in [0.2, 0.25) is 0 Å². The minimum Gasteiger partial charge on any atom is -0.748 e. The second-order valence-electron chi connectivity index (χ2n) is 5.92. The molecule has 0 bridgehead atoms. The number of aliphatic hydroxyl groups is 2. The van der Waals surface area contributed by atoms with Crippen LogP contribution in [0.4, 0.5) is 0 Å². The number of nitrogens with one attached hydrogen (secondary N) is 2. The van der Waals surface area contributed by atoms with Gasteiger partial charge in [-0.2, -0.15) is 18.7 Å². The van der Waals surface area contributed by atoms with Gasteiger partial charge in [0, 0.05) is 29.2 Å². The van der Waals surface area contributed by atoms with Gasteiger partial charge in [-0.15, -0.1) is 5.56 Å². The summed E-state index contributed by atoms with van der Waals surface area (Å²) in [5, 5.41) is 24.3. The van der Waals surface area contributed by atoms with Crippen LogP contribution in [0.15, 0.2) is 48.5 Å². The average molecular weight is 388 g/mol. The van der Waals surface area contributed by atoms with Gasteiger partial charge >= 0.3 is 0 Å². The maximum absolute atomic E-state index is 8.89. The Bertz CT molecular complexity index is 432. The Labute approximate surface area is 162 Å². The Morgan fingerprint density at radius 3 is 1.80 bits per heavy atom. The third kappa shape index (κ3) is 10.6. The molecule has 2 atom stereocenters. The third-order valence-electron chi connectivity index (χ3n) is 4.08. The van der Waals surface area contributed by atoms with Gasteiger partial charge in [0.05, 0.1) is 13.2 Å². The molecule has 0 aliphatic carbocycles. The van der Waals surface area contributed by atoms with Gasteiger partial charge < -0.3 is 50.7 Å². The van der Waals surface area contributed by atoms with Crippen LogP contribution < -0.4 is 10.6 Å². The zero-order valence-corrected chi connectivity index (χ0v) is 16.4. The number of rotatable bonds is 10. The van der Waals surface area contributed by atoms with Crippen molar-refractivity contribution >= 4 is 0 Å². The molecular weight excluding hydrogens is 356 g/mol. The van der Waals surface area contributed by atoms with Crippen molar-refractivity contribution in [1.82, 2.24) is 10.6 Å². The van der Waals surface area contributed by atoms with E-state index in [1.54, 1.807) is 0 Å². The Morgan fingerprint density at radius 1 is 0.880 bits per heavy atom. The maximum atomic E-state index is 8.89. The van der Waals surface area contributed by atoms with E-state index in [4.69, 9.17) is 10.2 Å². The van der Waals surface area contributed by atoms with Crippen LogP contribution in [0.1, 0.15) is 37.8 Å². The average Bonchev–Trinajstić information content (AvgIpc) is 3.31. The fraction of sp³-hybridized carbons (Fsp3) is 0.500. The monoisotopic (exact) mass is 388 g/mol. The molecule has 0 radical (unpaired) electrons. The molecule has 0 spiro atoms. The summed E-state index contributed by atoms with van der Waals surface area (Å²) < 4.78 is 0. The zero-order valence-electron chi connectivity index (χ0n) is 15.3. The minimum atomic E-state index is 0. The molecule has 2 aromatic rings. The van der Waals surface area contributed by atoms with Crippen LogP contribution in [0.3, 0.4) is 0 Å². The summed E-state index contributed by atoms with van der Waals surface area (Å²) in [5.74, 6) is 0. The summed E-state index contributed by atoms with van der Waals surface area (Å²) in [5.41, 5.74) is 2.56. The second kappa shape index (κ2) is 15.3. The number of aliphatic hydroxyl groups excluding tert-OH is 2. The molecular formula is C20H32FeN2O2-6. The Kier molecular flexibility index (Phi) is 14.7. The van der Waals surface area contributed by atoms with E-state index in [1.165, 1.54) is 11.1 Å². The number of hydrogen-bond acceptors (Lipinski definition) is 4. The van der Waals surface area contributed by atoms with E-state index in [0.29, 0.717) is 0 Å². The molecule has 0 heterocycles. The summed E-state index contributed by atoms with van der Waals surface area (Å²) in [4.78, 5) is 0. The first kappa shape index (κ1) is 24.1. The zero-order chi connectivity index (χ0) is 17.6. The molecule has 0 saturated heterocycles. The van der Waals surface area contributed by atoms with Crippen molar-refractivity contribution in [3.63, 3.8) is 0 Å². The van der Waals surface area contributed by atoms with Crippen molar-refractivity contribution < 1.29 is 27.3 Å². The quantitative estimate of drug-likeness (QED) is 0.373. The van der Waals surface area contributed by atoms with Gasteiger partial charge in [-0.1, -0.05) is 13.8 Å². The fourth-order valence-electron chi connectivity index (χ4n) is 2.26. The summed E-state index contributed by atoms with van der Waals surface area (Å²) in [6, 6.07) is 16.9. The van der Waals surface area contributed by atoms with E-state index < -0.39 is 0 Å². The third-order valence-corrected chi connectivity index (χ3v) is 4.08. The molecule has 4 nitrogen and oxygen atoms in total. The standard InChI is InChI=1S/2C10H16NO.Fe/c2*1-2-10(8-12)11-7-9-5-3-4-6-9;/h2*3-6,10-12H,2,7-8H2,1H3;/q-5;-1;/t2*10-;/m11./s1.